The van der Waals surface area contributed by atoms with E-state index in [0.29, 0.717) is 11.4 Å². The summed E-state index contributed by atoms with van der Waals surface area (Å²) in [6.45, 7) is 0. The van der Waals surface area contributed by atoms with E-state index < -0.39 is 11.2 Å². The molecule has 1 atom stereocenters. The molecule has 26 heavy (non-hydrogen) atoms. The Balaban J connectivity index is 1.65. The minimum absolute atomic E-state index is 0.425. The third kappa shape index (κ3) is 5.28. The lowest BCUT2D eigenvalue weighted by Crippen LogP contribution is -2.19. The predicted octanol–water partition coefficient (Wildman–Crippen LogP) is 5.92. The zero-order chi connectivity index (χ0) is 18.4. The maximum atomic E-state index is 11.6. The molecule has 5 heteroatoms. The summed E-state index contributed by atoms with van der Waals surface area (Å²) >= 11 is 7.19. The van der Waals surface area contributed by atoms with Crippen LogP contribution in [0, 0.1) is 0 Å². The molecule has 0 aliphatic carbocycles. The summed E-state index contributed by atoms with van der Waals surface area (Å²) in [6, 6.07) is 24.2. The fourth-order valence-corrected chi connectivity index (χ4v) is 3.51. The number of hydrogen-bond donors (Lipinski definition) is 1. The Labute approximate surface area is 161 Å². The van der Waals surface area contributed by atoms with Gasteiger partial charge in [0, 0.05) is 9.92 Å². The van der Waals surface area contributed by atoms with E-state index in [1.165, 1.54) is 11.8 Å². The number of carboxylic acids is 1. The predicted molar refractivity (Wildman–Crippen MR) is 105 cm³/mol. The van der Waals surface area contributed by atoms with Crippen molar-refractivity contribution in [2.24, 2.45) is 0 Å². The number of aliphatic carboxylic acids is 1. The first kappa shape index (κ1) is 18.4. The van der Waals surface area contributed by atoms with Gasteiger partial charge in [0.25, 0.3) is 0 Å². The topological polar surface area (TPSA) is 46.5 Å². The highest BCUT2D eigenvalue weighted by molar-refractivity contribution is 8.00. The molecular formula is C21H17ClO3S. The number of hydrogen-bond acceptors (Lipinski definition) is 3. The molecule has 0 aromatic heterocycles. The summed E-state index contributed by atoms with van der Waals surface area (Å²) in [5, 5.41) is 9.59. The van der Waals surface area contributed by atoms with Gasteiger partial charge < -0.3 is 9.84 Å². The van der Waals surface area contributed by atoms with E-state index in [2.05, 4.69) is 0 Å². The lowest BCUT2D eigenvalue weighted by atomic mass is 10.1. The molecule has 3 nitrogen and oxygen atoms in total. The molecule has 132 valence electrons. The van der Waals surface area contributed by atoms with Gasteiger partial charge in [0.2, 0.25) is 0 Å². The van der Waals surface area contributed by atoms with E-state index in [4.69, 9.17) is 16.3 Å². The molecule has 0 aliphatic rings. The number of rotatable bonds is 7. The van der Waals surface area contributed by atoms with Crippen LogP contribution in [0.25, 0.3) is 0 Å². The Hall–Kier alpha value is -2.43. The zero-order valence-electron chi connectivity index (χ0n) is 13.8. The maximum absolute atomic E-state index is 11.6. The average Bonchev–Trinajstić information content (AvgIpc) is 2.65. The molecule has 0 amide bonds. The molecule has 1 N–H and O–H groups in total. The van der Waals surface area contributed by atoms with Gasteiger partial charge in [-0.05, 0) is 60.5 Å². The molecule has 0 unspecified atom stereocenters. The van der Waals surface area contributed by atoms with Crippen LogP contribution in [0.2, 0.25) is 5.02 Å². The lowest BCUT2D eigenvalue weighted by Gasteiger charge is -2.13. The Kier molecular flexibility index (Phi) is 6.21. The molecule has 0 radical (unpaired) electrons. The van der Waals surface area contributed by atoms with Gasteiger partial charge in [-0.1, -0.05) is 41.9 Å². The fourth-order valence-electron chi connectivity index (χ4n) is 2.39. The van der Waals surface area contributed by atoms with Gasteiger partial charge >= 0.3 is 5.97 Å². The smallest absolute Gasteiger partial charge is 0.317 e. The SMILES string of the molecule is O=C(O)[C@H](Cc1ccc(Oc2ccccc2)cc1)Sc1ccc(Cl)cc1. The van der Waals surface area contributed by atoms with Crippen molar-refractivity contribution >= 4 is 29.3 Å². The van der Waals surface area contributed by atoms with Crippen LogP contribution >= 0.6 is 23.4 Å². The van der Waals surface area contributed by atoms with Crippen molar-refractivity contribution in [2.45, 2.75) is 16.6 Å². The van der Waals surface area contributed by atoms with Gasteiger partial charge in [0.15, 0.2) is 0 Å². The van der Waals surface area contributed by atoms with Crippen LogP contribution in [-0.4, -0.2) is 16.3 Å². The summed E-state index contributed by atoms with van der Waals surface area (Å²) in [7, 11) is 0. The Morgan fingerprint density at radius 1 is 0.923 bits per heavy atom. The molecule has 0 spiro atoms. The van der Waals surface area contributed by atoms with Crippen molar-refractivity contribution in [2.75, 3.05) is 0 Å². The maximum Gasteiger partial charge on any atom is 0.317 e. The van der Waals surface area contributed by atoms with Gasteiger partial charge in [-0.2, -0.15) is 0 Å². The largest absolute Gasteiger partial charge is 0.480 e. The standard InChI is InChI=1S/C21H17ClO3S/c22-16-8-12-19(13-9-16)26-20(21(23)24)14-15-6-10-18(11-7-15)25-17-4-2-1-3-5-17/h1-13,20H,14H2,(H,23,24)/t20-/m0/s1. The summed E-state index contributed by atoms with van der Waals surface area (Å²) in [6.07, 6.45) is 0.425. The van der Waals surface area contributed by atoms with E-state index in [9.17, 15) is 9.90 Å². The second kappa shape index (κ2) is 8.79. The van der Waals surface area contributed by atoms with E-state index in [0.717, 1.165) is 22.0 Å². The number of ether oxygens (including phenoxy) is 1. The fraction of sp³-hybridized carbons (Fsp3) is 0.0952. The average molecular weight is 385 g/mol. The first-order valence-electron chi connectivity index (χ1n) is 8.07. The Bertz CT molecular complexity index is 849. The third-order valence-electron chi connectivity index (χ3n) is 3.69. The summed E-state index contributed by atoms with van der Waals surface area (Å²) in [5.74, 6) is 0.647. The number of carbonyl (C=O) groups is 1. The van der Waals surface area contributed by atoms with Crippen molar-refractivity contribution in [3.8, 4) is 11.5 Å². The van der Waals surface area contributed by atoms with Gasteiger partial charge in [-0.3, -0.25) is 4.79 Å². The van der Waals surface area contributed by atoms with E-state index in [-0.39, 0.29) is 0 Å². The van der Waals surface area contributed by atoms with Gasteiger partial charge in [0.05, 0.1) is 0 Å². The second-order valence-electron chi connectivity index (χ2n) is 5.66. The molecule has 0 saturated carbocycles. The number of benzene rings is 3. The molecular weight excluding hydrogens is 368 g/mol. The zero-order valence-corrected chi connectivity index (χ0v) is 15.4. The number of halogens is 1. The van der Waals surface area contributed by atoms with Crippen molar-refractivity contribution in [3.05, 3.63) is 89.4 Å². The van der Waals surface area contributed by atoms with Crippen LogP contribution < -0.4 is 4.74 Å². The van der Waals surface area contributed by atoms with Crippen molar-refractivity contribution in [3.63, 3.8) is 0 Å². The first-order chi connectivity index (χ1) is 12.6. The molecule has 3 aromatic carbocycles. The second-order valence-corrected chi connectivity index (χ2v) is 7.37. The number of para-hydroxylation sites is 1. The third-order valence-corrected chi connectivity index (χ3v) is 5.14. The van der Waals surface area contributed by atoms with Crippen LogP contribution in [0.3, 0.4) is 0 Å². The van der Waals surface area contributed by atoms with Crippen molar-refractivity contribution in [1.29, 1.82) is 0 Å². The minimum atomic E-state index is -0.838. The van der Waals surface area contributed by atoms with Crippen LogP contribution in [-0.2, 0) is 11.2 Å². The molecule has 0 aliphatic heterocycles. The Morgan fingerprint density at radius 3 is 2.15 bits per heavy atom. The first-order valence-corrected chi connectivity index (χ1v) is 9.33. The number of carboxylic acid groups (broad SMARTS) is 1. The molecule has 3 aromatic rings. The highest BCUT2D eigenvalue weighted by Gasteiger charge is 2.19. The van der Waals surface area contributed by atoms with Crippen LogP contribution in [0.15, 0.2) is 83.8 Å². The van der Waals surface area contributed by atoms with Crippen LogP contribution in [0.5, 0.6) is 11.5 Å². The van der Waals surface area contributed by atoms with Gasteiger partial charge in [-0.25, -0.2) is 0 Å². The highest BCUT2D eigenvalue weighted by Crippen LogP contribution is 2.28. The molecule has 0 heterocycles. The van der Waals surface area contributed by atoms with E-state index in [1.807, 2.05) is 66.7 Å². The van der Waals surface area contributed by atoms with Crippen LogP contribution in [0.1, 0.15) is 5.56 Å². The van der Waals surface area contributed by atoms with Crippen molar-refractivity contribution in [1.82, 2.24) is 0 Å². The summed E-state index contributed by atoms with van der Waals surface area (Å²) in [4.78, 5) is 12.5. The molecule has 0 bridgehead atoms. The van der Waals surface area contributed by atoms with Crippen molar-refractivity contribution < 1.29 is 14.6 Å². The summed E-state index contributed by atoms with van der Waals surface area (Å²) < 4.78 is 5.76. The summed E-state index contributed by atoms with van der Waals surface area (Å²) in [5.41, 5.74) is 0.944. The molecule has 3 rings (SSSR count). The minimum Gasteiger partial charge on any atom is -0.480 e. The number of thioether (sulfide) groups is 1. The molecule has 0 fully saturated rings. The Morgan fingerprint density at radius 2 is 1.54 bits per heavy atom. The molecule has 0 saturated heterocycles. The quantitative estimate of drug-likeness (QED) is 0.513. The normalized spacial score (nSPS) is 11.7. The lowest BCUT2D eigenvalue weighted by molar-refractivity contribution is -0.136. The van der Waals surface area contributed by atoms with E-state index in [1.54, 1.807) is 12.1 Å². The van der Waals surface area contributed by atoms with Crippen LogP contribution in [0.4, 0.5) is 0 Å². The van der Waals surface area contributed by atoms with Gasteiger partial charge in [-0.15, -0.1) is 11.8 Å². The van der Waals surface area contributed by atoms with E-state index >= 15 is 0 Å². The highest BCUT2D eigenvalue weighted by atomic mass is 35.5. The van der Waals surface area contributed by atoms with Gasteiger partial charge in [0.1, 0.15) is 16.7 Å². The monoisotopic (exact) mass is 384 g/mol.